The third-order valence-electron chi connectivity index (χ3n) is 6.10. The molecule has 1 atom stereocenters. The summed E-state index contributed by atoms with van der Waals surface area (Å²) in [5, 5.41) is 15.6. The van der Waals surface area contributed by atoms with Crippen molar-refractivity contribution in [3.8, 4) is 17.2 Å². The zero-order valence-electron chi connectivity index (χ0n) is 20.2. The molecule has 0 spiro atoms. The lowest BCUT2D eigenvalue weighted by molar-refractivity contribution is -0.147. The van der Waals surface area contributed by atoms with Gasteiger partial charge in [-0.3, -0.25) is 4.79 Å². The van der Waals surface area contributed by atoms with Gasteiger partial charge in [0.05, 0.1) is 18.7 Å². The van der Waals surface area contributed by atoms with Gasteiger partial charge in [-0.2, -0.15) is 5.26 Å². The lowest BCUT2D eigenvalue weighted by Crippen LogP contribution is -2.45. The van der Waals surface area contributed by atoms with Gasteiger partial charge in [0.1, 0.15) is 6.04 Å². The maximum absolute atomic E-state index is 13.2. The van der Waals surface area contributed by atoms with Gasteiger partial charge in [0.25, 0.3) is 5.91 Å². The van der Waals surface area contributed by atoms with E-state index in [0.29, 0.717) is 22.8 Å². The third-order valence-corrected chi connectivity index (χ3v) is 6.30. The first-order valence-corrected chi connectivity index (χ1v) is 11.9. The summed E-state index contributed by atoms with van der Waals surface area (Å²) in [6.07, 6.45) is 0. The standard InChI is InChI=1S/C28H26N4O3S/c1-17(2)25(27(34)35-3)32-16-21-7-6-20(14-24(21)26(32)33)19-8-12-23(13-9-19)31-28(36)30-22-10-4-18(15-29)5-11-22/h4-14,17,25H,16H2,1-3H3,(H2,30,31,36)/t25-/m0/s1. The van der Waals surface area contributed by atoms with Gasteiger partial charge in [0.15, 0.2) is 5.11 Å². The number of carbonyl (C=O) groups is 2. The number of ether oxygens (including phenoxy) is 1. The van der Waals surface area contributed by atoms with Crippen molar-refractivity contribution in [2.24, 2.45) is 5.92 Å². The van der Waals surface area contributed by atoms with E-state index in [4.69, 9.17) is 22.2 Å². The van der Waals surface area contributed by atoms with Crippen LogP contribution in [-0.2, 0) is 16.1 Å². The van der Waals surface area contributed by atoms with E-state index < -0.39 is 12.0 Å². The summed E-state index contributed by atoms with van der Waals surface area (Å²) in [4.78, 5) is 27.1. The Morgan fingerprint density at radius 2 is 1.58 bits per heavy atom. The summed E-state index contributed by atoms with van der Waals surface area (Å²) < 4.78 is 4.94. The second kappa shape index (κ2) is 10.6. The van der Waals surface area contributed by atoms with Gasteiger partial charge in [-0.15, -0.1) is 0 Å². The fourth-order valence-electron chi connectivity index (χ4n) is 4.28. The highest BCUT2D eigenvalue weighted by atomic mass is 32.1. The molecular formula is C28H26N4O3S. The van der Waals surface area contributed by atoms with Crippen LogP contribution in [0.1, 0.15) is 35.3 Å². The van der Waals surface area contributed by atoms with Crippen molar-refractivity contribution in [3.63, 3.8) is 0 Å². The Balaban J connectivity index is 1.45. The molecule has 7 nitrogen and oxygen atoms in total. The molecule has 0 radical (unpaired) electrons. The zero-order valence-corrected chi connectivity index (χ0v) is 21.1. The molecule has 1 heterocycles. The van der Waals surface area contributed by atoms with Crippen LogP contribution in [-0.4, -0.2) is 35.0 Å². The Hall–Kier alpha value is -4.22. The van der Waals surface area contributed by atoms with Gasteiger partial charge in [-0.05, 0) is 77.3 Å². The summed E-state index contributed by atoms with van der Waals surface area (Å²) in [5.41, 5.74) is 5.55. The van der Waals surface area contributed by atoms with E-state index in [9.17, 15) is 9.59 Å². The van der Waals surface area contributed by atoms with Crippen molar-refractivity contribution in [1.82, 2.24) is 4.90 Å². The van der Waals surface area contributed by atoms with E-state index in [1.165, 1.54) is 7.11 Å². The average Bonchev–Trinajstić information content (AvgIpc) is 3.19. The molecule has 8 heteroatoms. The molecular weight excluding hydrogens is 472 g/mol. The summed E-state index contributed by atoms with van der Waals surface area (Å²) in [7, 11) is 1.35. The smallest absolute Gasteiger partial charge is 0.328 e. The highest BCUT2D eigenvalue weighted by Crippen LogP contribution is 2.32. The highest BCUT2D eigenvalue weighted by molar-refractivity contribution is 7.80. The lowest BCUT2D eigenvalue weighted by atomic mass is 10.00. The monoisotopic (exact) mass is 498 g/mol. The number of carbonyl (C=O) groups excluding carboxylic acids is 2. The van der Waals surface area contributed by atoms with E-state index in [2.05, 4.69) is 16.7 Å². The minimum Gasteiger partial charge on any atom is -0.467 e. The third kappa shape index (κ3) is 5.21. The number of hydrogen-bond acceptors (Lipinski definition) is 5. The number of nitriles is 1. The predicted molar refractivity (Wildman–Crippen MR) is 143 cm³/mol. The number of methoxy groups -OCH3 is 1. The van der Waals surface area contributed by atoms with Crippen LogP contribution < -0.4 is 10.6 Å². The SMILES string of the molecule is COC(=O)[C@H](C(C)C)N1Cc2ccc(-c3ccc(NC(=S)Nc4ccc(C#N)cc4)cc3)cc2C1=O. The van der Waals surface area contributed by atoms with Gasteiger partial charge in [-0.25, -0.2) is 4.79 Å². The number of anilines is 2. The van der Waals surface area contributed by atoms with Gasteiger partial charge in [-0.1, -0.05) is 38.1 Å². The molecule has 4 rings (SSSR count). The lowest BCUT2D eigenvalue weighted by Gasteiger charge is -2.28. The van der Waals surface area contributed by atoms with Crippen LogP contribution in [0.15, 0.2) is 66.7 Å². The molecule has 1 aliphatic heterocycles. The second-order valence-electron chi connectivity index (χ2n) is 8.86. The minimum absolute atomic E-state index is 0.0623. The fraction of sp³-hybridized carbons (Fsp3) is 0.214. The first-order valence-electron chi connectivity index (χ1n) is 11.5. The Labute approximate surface area is 215 Å². The van der Waals surface area contributed by atoms with Gasteiger partial charge >= 0.3 is 5.97 Å². The Kier molecular flexibility index (Phi) is 7.32. The number of fused-ring (bicyclic) bond motifs is 1. The van der Waals surface area contributed by atoms with Crippen LogP contribution in [0.2, 0.25) is 0 Å². The molecule has 0 saturated heterocycles. The number of amides is 1. The second-order valence-corrected chi connectivity index (χ2v) is 9.27. The fourth-order valence-corrected chi connectivity index (χ4v) is 4.51. The van der Waals surface area contributed by atoms with Gasteiger partial charge in [0, 0.05) is 23.5 Å². The summed E-state index contributed by atoms with van der Waals surface area (Å²) in [6, 6.07) is 22.0. The summed E-state index contributed by atoms with van der Waals surface area (Å²) >= 11 is 5.39. The molecule has 1 amide bonds. The number of nitrogens with zero attached hydrogens (tertiary/aromatic N) is 2. The van der Waals surface area contributed by atoms with Crippen molar-refractivity contribution in [1.29, 1.82) is 5.26 Å². The van der Waals surface area contributed by atoms with Crippen LogP contribution in [0.3, 0.4) is 0 Å². The molecule has 182 valence electrons. The molecule has 0 unspecified atom stereocenters. The molecule has 36 heavy (non-hydrogen) atoms. The summed E-state index contributed by atoms with van der Waals surface area (Å²) in [6.45, 7) is 4.20. The van der Waals surface area contributed by atoms with Crippen molar-refractivity contribution in [2.45, 2.75) is 26.4 Å². The number of benzene rings is 3. The quantitative estimate of drug-likeness (QED) is 0.357. The van der Waals surface area contributed by atoms with Crippen molar-refractivity contribution in [2.75, 3.05) is 17.7 Å². The number of thiocarbonyl (C=S) groups is 1. The van der Waals surface area contributed by atoms with Crippen LogP contribution in [0, 0.1) is 17.2 Å². The maximum Gasteiger partial charge on any atom is 0.328 e. The average molecular weight is 499 g/mol. The zero-order chi connectivity index (χ0) is 25.8. The van der Waals surface area contributed by atoms with Crippen molar-refractivity contribution < 1.29 is 14.3 Å². The van der Waals surface area contributed by atoms with Crippen LogP contribution in [0.5, 0.6) is 0 Å². The first-order chi connectivity index (χ1) is 17.3. The van der Waals surface area contributed by atoms with Crippen LogP contribution in [0.4, 0.5) is 11.4 Å². The maximum atomic E-state index is 13.2. The first kappa shape index (κ1) is 24.9. The van der Waals surface area contributed by atoms with E-state index in [0.717, 1.165) is 28.1 Å². The van der Waals surface area contributed by atoms with E-state index in [1.54, 1.807) is 29.2 Å². The minimum atomic E-state index is -0.620. The Morgan fingerprint density at radius 3 is 2.14 bits per heavy atom. The van der Waals surface area contributed by atoms with E-state index in [1.807, 2.05) is 56.3 Å². The Morgan fingerprint density at radius 1 is 1.00 bits per heavy atom. The van der Waals surface area contributed by atoms with Crippen LogP contribution >= 0.6 is 12.2 Å². The molecule has 0 aromatic heterocycles. The molecule has 2 N–H and O–H groups in total. The van der Waals surface area contributed by atoms with E-state index >= 15 is 0 Å². The number of nitrogens with one attached hydrogen (secondary N) is 2. The topological polar surface area (TPSA) is 94.5 Å². The van der Waals surface area contributed by atoms with Gasteiger partial charge < -0.3 is 20.3 Å². The molecule has 0 saturated carbocycles. The van der Waals surface area contributed by atoms with Crippen LogP contribution in [0.25, 0.3) is 11.1 Å². The largest absolute Gasteiger partial charge is 0.467 e. The normalized spacial score (nSPS) is 13.1. The van der Waals surface area contributed by atoms with Crippen molar-refractivity contribution >= 4 is 40.6 Å². The number of rotatable bonds is 6. The molecule has 1 aliphatic rings. The summed E-state index contributed by atoms with van der Waals surface area (Å²) in [5.74, 6) is -0.623. The molecule has 3 aromatic carbocycles. The van der Waals surface area contributed by atoms with Gasteiger partial charge in [0.2, 0.25) is 0 Å². The molecule has 0 fully saturated rings. The van der Waals surface area contributed by atoms with E-state index in [-0.39, 0.29) is 11.8 Å². The molecule has 0 bridgehead atoms. The highest BCUT2D eigenvalue weighted by Gasteiger charge is 2.38. The predicted octanol–water partition coefficient (Wildman–Crippen LogP) is 5.19. The molecule has 3 aromatic rings. The van der Waals surface area contributed by atoms with Crippen molar-refractivity contribution in [3.05, 3.63) is 83.4 Å². The Bertz CT molecular complexity index is 1340. The number of hydrogen-bond donors (Lipinski definition) is 2. The molecule has 0 aliphatic carbocycles. The number of esters is 1.